The largest absolute Gasteiger partial charge is 0.344 e. The second-order valence-corrected chi connectivity index (χ2v) is 3.82. The highest BCUT2D eigenvalue weighted by Crippen LogP contribution is 2.42. The highest BCUT2D eigenvalue weighted by atomic mass is 35.5. The fourth-order valence-corrected chi connectivity index (χ4v) is 1.54. The van der Waals surface area contributed by atoms with E-state index in [2.05, 4.69) is 5.32 Å². The Morgan fingerprint density at radius 2 is 2.07 bits per heavy atom. The van der Waals surface area contributed by atoms with Gasteiger partial charge in [-0.3, -0.25) is 4.79 Å². The molecule has 90 valence electrons. The minimum Gasteiger partial charge on any atom is -0.344 e. The van der Waals surface area contributed by atoms with E-state index in [1.165, 1.54) is 4.90 Å². The number of hydrogen-bond acceptors (Lipinski definition) is 2. The number of hydrogen-bond donors (Lipinski definition) is 1. The van der Waals surface area contributed by atoms with Crippen LogP contribution in [0.1, 0.15) is 12.8 Å². The van der Waals surface area contributed by atoms with E-state index in [9.17, 15) is 13.6 Å². The van der Waals surface area contributed by atoms with E-state index in [0.29, 0.717) is 13.1 Å². The van der Waals surface area contributed by atoms with Crippen molar-refractivity contribution in [1.29, 1.82) is 0 Å². The van der Waals surface area contributed by atoms with E-state index in [1.54, 1.807) is 14.1 Å². The lowest BCUT2D eigenvalue weighted by atomic mass is 9.80. The first-order chi connectivity index (χ1) is 6.46. The number of halogens is 3. The molecule has 0 unspecified atom stereocenters. The van der Waals surface area contributed by atoms with Crippen LogP contribution in [0.3, 0.4) is 0 Å². The zero-order chi connectivity index (χ0) is 10.8. The summed E-state index contributed by atoms with van der Waals surface area (Å²) in [7, 11) is 3.44. The quantitative estimate of drug-likeness (QED) is 0.802. The summed E-state index contributed by atoms with van der Waals surface area (Å²) in [4.78, 5) is 13.0. The van der Waals surface area contributed by atoms with Gasteiger partial charge in [0.15, 0.2) is 0 Å². The van der Waals surface area contributed by atoms with Crippen molar-refractivity contribution < 1.29 is 13.6 Å². The van der Waals surface area contributed by atoms with Gasteiger partial charge in [0.2, 0.25) is 11.8 Å². The van der Waals surface area contributed by atoms with Crippen molar-refractivity contribution in [2.75, 3.05) is 27.2 Å². The number of likely N-dealkylation sites (N-methyl/N-ethyl adjacent to an activating group) is 2. The van der Waals surface area contributed by atoms with Gasteiger partial charge in [-0.25, -0.2) is 8.78 Å². The molecule has 0 aromatic heterocycles. The van der Waals surface area contributed by atoms with Gasteiger partial charge in [-0.15, -0.1) is 12.4 Å². The molecule has 15 heavy (non-hydrogen) atoms. The molecule has 0 aromatic rings. The van der Waals surface area contributed by atoms with Crippen LogP contribution in [-0.2, 0) is 4.79 Å². The molecule has 0 aliphatic heterocycles. The Morgan fingerprint density at radius 3 is 2.47 bits per heavy atom. The summed E-state index contributed by atoms with van der Waals surface area (Å²) in [6, 6.07) is 0. The average Bonchev–Trinajstić information content (AvgIpc) is 2.08. The van der Waals surface area contributed by atoms with Crippen molar-refractivity contribution >= 4 is 18.3 Å². The molecule has 0 heterocycles. The molecule has 0 spiro atoms. The Morgan fingerprint density at radius 1 is 1.53 bits per heavy atom. The lowest BCUT2D eigenvalue weighted by Crippen LogP contribution is -2.46. The van der Waals surface area contributed by atoms with Crippen molar-refractivity contribution in [1.82, 2.24) is 10.2 Å². The lowest BCUT2D eigenvalue weighted by Gasteiger charge is -2.36. The van der Waals surface area contributed by atoms with E-state index in [-0.39, 0.29) is 31.2 Å². The van der Waals surface area contributed by atoms with Gasteiger partial charge < -0.3 is 10.2 Å². The number of carbonyl (C=O) groups is 1. The number of rotatable bonds is 4. The highest BCUT2D eigenvalue weighted by Gasteiger charge is 2.49. The van der Waals surface area contributed by atoms with Crippen LogP contribution in [0.5, 0.6) is 0 Å². The molecular weight excluding hydrogens is 226 g/mol. The van der Waals surface area contributed by atoms with Crippen LogP contribution in [0.15, 0.2) is 0 Å². The molecule has 1 rings (SSSR count). The molecule has 3 nitrogen and oxygen atoms in total. The predicted octanol–water partition coefficient (Wildman–Crippen LogP) is 1.13. The van der Waals surface area contributed by atoms with Crippen molar-refractivity contribution in [3.8, 4) is 0 Å². The van der Waals surface area contributed by atoms with E-state index in [0.717, 1.165) is 0 Å². The van der Waals surface area contributed by atoms with Crippen LogP contribution in [-0.4, -0.2) is 43.9 Å². The predicted molar refractivity (Wildman–Crippen MR) is 56.5 cm³/mol. The molecule has 6 heteroatoms. The SMILES string of the molecule is CNCCN(C)C(=O)C1CC(F)(F)C1.Cl. The molecule has 1 N–H and O–H groups in total. The first kappa shape index (κ1) is 14.6. The molecule has 0 radical (unpaired) electrons. The Labute approximate surface area is 94.6 Å². The lowest BCUT2D eigenvalue weighted by molar-refractivity contribution is -0.158. The summed E-state index contributed by atoms with van der Waals surface area (Å²) in [5, 5.41) is 2.90. The molecule has 0 saturated heterocycles. The van der Waals surface area contributed by atoms with Crippen molar-refractivity contribution in [2.24, 2.45) is 5.92 Å². The van der Waals surface area contributed by atoms with E-state index >= 15 is 0 Å². The van der Waals surface area contributed by atoms with Crippen LogP contribution < -0.4 is 5.32 Å². The third-order valence-corrected chi connectivity index (χ3v) is 2.51. The van der Waals surface area contributed by atoms with Crippen molar-refractivity contribution in [3.63, 3.8) is 0 Å². The van der Waals surface area contributed by atoms with Crippen molar-refractivity contribution in [2.45, 2.75) is 18.8 Å². The second-order valence-electron chi connectivity index (χ2n) is 3.82. The minimum atomic E-state index is -2.61. The van der Waals surface area contributed by atoms with Gasteiger partial charge >= 0.3 is 0 Å². The fraction of sp³-hybridized carbons (Fsp3) is 0.889. The van der Waals surface area contributed by atoms with Crippen LogP contribution in [0.4, 0.5) is 8.78 Å². The first-order valence-electron chi connectivity index (χ1n) is 4.73. The summed E-state index contributed by atoms with van der Waals surface area (Å²) in [5.41, 5.74) is 0. The van der Waals surface area contributed by atoms with Gasteiger partial charge in [-0.2, -0.15) is 0 Å². The molecule has 1 aliphatic carbocycles. The molecule has 1 saturated carbocycles. The standard InChI is InChI=1S/C9H16F2N2O.ClH/c1-12-3-4-13(2)8(14)7-5-9(10,11)6-7;/h7,12H,3-6H2,1-2H3;1H. The van der Waals surface area contributed by atoms with Crippen molar-refractivity contribution in [3.05, 3.63) is 0 Å². The minimum absolute atomic E-state index is 0. The zero-order valence-electron chi connectivity index (χ0n) is 8.93. The average molecular weight is 243 g/mol. The van der Waals surface area contributed by atoms with Gasteiger partial charge in [-0.05, 0) is 7.05 Å². The highest BCUT2D eigenvalue weighted by molar-refractivity contribution is 5.85. The molecular formula is C9H17ClF2N2O. The molecule has 0 bridgehead atoms. The second kappa shape index (κ2) is 5.61. The zero-order valence-corrected chi connectivity index (χ0v) is 9.74. The molecule has 1 aliphatic rings. The van der Waals surface area contributed by atoms with E-state index < -0.39 is 11.8 Å². The molecule has 0 aromatic carbocycles. The molecule has 0 atom stereocenters. The van der Waals surface area contributed by atoms with Gasteiger partial charge in [0.1, 0.15) is 0 Å². The Kier molecular flexibility index (Phi) is 5.45. The summed E-state index contributed by atoms with van der Waals surface area (Å²) >= 11 is 0. The summed E-state index contributed by atoms with van der Waals surface area (Å²) in [6.45, 7) is 1.25. The molecule has 1 fully saturated rings. The Balaban J connectivity index is 0.00000196. The maximum Gasteiger partial charge on any atom is 0.249 e. The topological polar surface area (TPSA) is 32.3 Å². The Bertz CT molecular complexity index is 218. The van der Waals surface area contributed by atoms with Crippen LogP contribution in [0.25, 0.3) is 0 Å². The van der Waals surface area contributed by atoms with Gasteiger partial charge in [0, 0.05) is 38.9 Å². The monoisotopic (exact) mass is 242 g/mol. The van der Waals surface area contributed by atoms with E-state index in [1.807, 2.05) is 0 Å². The normalized spacial score (nSPS) is 18.9. The van der Waals surface area contributed by atoms with Gasteiger partial charge in [0.25, 0.3) is 0 Å². The maximum atomic E-state index is 12.5. The van der Waals surface area contributed by atoms with Crippen LogP contribution >= 0.6 is 12.4 Å². The van der Waals surface area contributed by atoms with Crippen LogP contribution in [0.2, 0.25) is 0 Å². The van der Waals surface area contributed by atoms with Gasteiger partial charge in [0.05, 0.1) is 0 Å². The number of amides is 1. The third-order valence-electron chi connectivity index (χ3n) is 2.51. The van der Waals surface area contributed by atoms with E-state index in [4.69, 9.17) is 0 Å². The Hall–Kier alpha value is -0.420. The number of nitrogens with one attached hydrogen (secondary N) is 1. The fourth-order valence-electron chi connectivity index (χ4n) is 1.54. The summed E-state index contributed by atoms with van der Waals surface area (Å²) in [5.74, 6) is -3.23. The summed E-state index contributed by atoms with van der Waals surface area (Å²) < 4.78 is 25.0. The van der Waals surface area contributed by atoms with Crippen LogP contribution in [0, 0.1) is 5.92 Å². The molecule has 1 amide bonds. The number of carbonyl (C=O) groups excluding carboxylic acids is 1. The summed E-state index contributed by atoms with van der Waals surface area (Å²) in [6.07, 6.45) is -0.564. The first-order valence-corrected chi connectivity index (χ1v) is 4.73. The maximum absolute atomic E-state index is 12.5. The van der Waals surface area contributed by atoms with Gasteiger partial charge in [-0.1, -0.05) is 0 Å². The third kappa shape index (κ3) is 3.91. The smallest absolute Gasteiger partial charge is 0.249 e. The number of alkyl halides is 2. The number of nitrogens with zero attached hydrogens (tertiary/aromatic N) is 1.